The van der Waals surface area contributed by atoms with Crippen molar-refractivity contribution in [1.29, 1.82) is 0 Å². The molecule has 0 saturated carbocycles. The molecule has 0 atom stereocenters. The van der Waals surface area contributed by atoms with Gasteiger partial charge in [0.15, 0.2) is 0 Å². The Morgan fingerprint density at radius 2 is 1.73 bits per heavy atom. The highest BCUT2D eigenvalue weighted by atomic mass is 16.1. The Morgan fingerprint density at radius 3 is 2.18 bits per heavy atom. The molecule has 0 aromatic carbocycles. The van der Waals surface area contributed by atoms with Gasteiger partial charge in [0.1, 0.15) is 0 Å². The molecular weight excluding hydrogens is 136 g/mol. The zero-order valence-electron chi connectivity index (χ0n) is 6.91. The van der Waals surface area contributed by atoms with Crippen LogP contribution in [0.3, 0.4) is 0 Å². The molecule has 0 spiro atoms. The van der Waals surface area contributed by atoms with E-state index in [4.69, 9.17) is 4.79 Å². The first kappa shape index (κ1) is 7.99. The molecule has 0 unspecified atom stereocenters. The van der Waals surface area contributed by atoms with Gasteiger partial charge in [-0.05, 0) is 23.6 Å². The quantitative estimate of drug-likeness (QED) is 0.510. The Morgan fingerprint density at radius 1 is 1.18 bits per heavy atom. The van der Waals surface area contributed by atoms with Gasteiger partial charge in [-0.25, -0.2) is 0 Å². The van der Waals surface area contributed by atoms with Gasteiger partial charge in [-0.1, -0.05) is 19.9 Å². The van der Waals surface area contributed by atoms with Crippen molar-refractivity contribution < 1.29 is 4.79 Å². The van der Waals surface area contributed by atoms with Crippen molar-refractivity contribution in [1.82, 2.24) is 0 Å². The second kappa shape index (κ2) is 3.33. The van der Waals surface area contributed by atoms with Crippen molar-refractivity contribution in [3.63, 3.8) is 0 Å². The fourth-order valence-electron chi connectivity index (χ4n) is 0.970. The van der Waals surface area contributed by atoms with Crippen molar-refractivity contribution in [2.24, 2.45) is 5.92 Å². The van der Waals surface area contributed by atoms with Crippen LogP contribution in [0, 0.1) is 5.92 Å². The van der Waals surface area contributed by atoms with Gasteiger partial charge < -0.3 is 0 Å². The molecule has 0 amide bonds. The SMILES string of the molecule is CC(C)C=C1C=CC(=[OH+])C=C1. The molecule has 1 nitrogen and oxygen atoms in total. The van der Waals surface area contributed by atoms with Crippen LogP contribution in [0.4, 0.5) is 0 Å². The molecule has 11 heavy (non-hydrogen) atoms. The molecule has 1 N–H and O–H groups in total. The maximum Gasteiger partial charge on any atom is 0.340 e. The average Bonchev–Trinajstić information content (AvgIpc) is 1.93. The Kier molecular flexibility index (Phi) is 2.42. The van der Waals surface area contributed by atoms with Crippen LogP contribution in [-0.2, 0) is 0 Å². The van der Waals surface area contributed by atoms with Gasteiger partial charge in [0.25, 0.3) is 0 Å². The summed E-state index contributed by atoms with van der Waals surface area (Å²) in [5.74, 6) is 0.880. The minimum absolute atomic E-state index is 0.325. The molecule has 0 fully saturated rings. The smallest absolute Gasteiger partial charge is 0.274 e. The predicted octanol–water partition coefficient (Wildman–Crippen LogP) is 2.24. The van der Waals surface area contributed by atoms with E-state index < -0.39 is 0 Å². The first-order chi connectivity index (χ1) is 5.18. The Bertz CT molecular complexity index is 224. The Balaban J connectivity index is 2.72. The minimum atomic E-state index is 0.325. The molecule has 1 rings (SSSR count). The van der Waals surface area contributed by atoms with Crippen LogP contribution in [0.1, 0.15) is 13.8 Å². The van der Waals surface area contributed by atoms with Crippen LogP contribution in [0.25, 0.3) is 0 Å². The number of allylic oxidation sites excluding steroid dienone is 6. The van der Waals surface area contributed by atoms with E-state index in [0.29, 0.717) is 11.7 Å². The zero-order valence-corrected chi connectivity index (χ0v) is 6.91. The second-order valence-corrected chi connectivity index (χ2v) is 3.00. The maximum absolute atomic E-state index is 8.98. The lowest BCUT2D eigenvalue weighted by atomic mass is 10.0. The zero-order chi connectivity index (χ0) is 8.27. The third-order valence-corrected chi connectivity index (χ3v) is 1.42. The molecule has 1 aliphatic carbocycles. The van der Waals surface area contributed by atoms with E-state index in [2.05, 4.69) is 19.9 Å². The lowest BCUT2D eigenvalue weighted by molar-refractivity contribution is 0.683. The van der Waals surface area contributed by atoms with Crippen LogP contribution in [-0.4, -0.2) is 10.6 Å². The molecule has 0 aliphatic heterocycles. The van der Waals surface area contributed by atoms with Crippen molar-refractivity contribution >= 4 is 5.78 Å². The van der Waals surface area contributed by atoms with Crippen LogP contribution in [0.5, 0.6) is 0 Å². The number of rotatable bonds is 1. The first-order valence-electron chi connectivity index (χ1n) is 3.82. The summed E-state index contributed by atoms with van der Waals surface area (Å²) in [6, 6.07) is 0. The number of hydrogen-bond acceptors (Lipinski definition) is 0. The molecule has 0 aromatic rings. The number of carbonyl (C=O) groups excluding carboxylic acids is 1. The van der Waals surface area contributed by atoms with Gasteiger partial charge in [0.05, 0.1) is 0 Å². The van der Waals surface area contributed by atoms with Gasteiger partial charge in [0, 0.05) is 12.2 Å². The summed E-state index contributed by atoms with van der Waals surface area (Å²) in [6.07, 6.45) is 9.38. The summed E-state index contributed by atoms with van der Waals surface area (Å²) in [7, 11) is 0. The van der Waals surface area contributed by atoms with Crippen molar-refractivity contribution in [2.45, 2.75) is 13.8 Å². The molecular formula is C10H13O+. The largest absolute Gasteiger partial charge is 0.340 e. The van der Waals surface area contributed by atoms with Crippen LogP contribution >= 0.6 is 0 Å². The third kappa shape index (κ3) is 2.54. The topological polar surface area (TPSA) is 21.4 Å². The van der Waals surface area contributed by atoms with Gasteiger partial charge in [-0.3, -0.25) is 4.79 Å². The van der Waals surface area contributed by atoms with E-state index in [1.165, 1.54) is 0 Å². The van der Waals surface area contributed by atoms with Gasteiger partial charge >= 0.3 is 5.78 Å². The summed E-state index contributed by atoms with van der Waals surface area (Å²) in [6.45, 7) is 4.26. The van der Waals surface area contributed by atoms with Crippen LogP contribution in [0.15, 0.2) is 36.0 Å². The van der Waals surface area contributed by atoms with Crippen molar-refractivity contribution in [2.75, 3.05) is 0 Å². The highest BCUT2D eigenvalue weighted by Gasteiger charge is 2.02. The first-order valence-corrected chi connectivity index (χ1v) is 3.82. The molecule has 0 radical (unpaired) electrons. The standard InChI is InChI=1S/C10H12O/c1-8(2)7-9-3-5-10(11)6-4-9/h3-8H,1-2H3/p+1. The van der Waals surface area contributed by atoms with E-state index in [0.717, 1.165) is 5.57 Å². The van der Waals surface area contributed by atoms with Gasteiger partial charge in [-0.2, -0.15) is 0 Å². The van der Waals surface area contributed by atoms with Crippen molar-refractivity contribution in [3.8, 4) is 0 Å². The number of hydrogen-bond donors (Lipinski definition) is 0. The molecule has 0 heterocycles. The van der Waals surface area contributed by atoms with E-state index in [-0.39, 0.29) is 0 Å². The Hall–Kier alpha value is -1.11. The van der Waals surface area contributed by atoms with E-state index in [1.807, 2.05) is 12.2 Å². The summed E-state index contributed by atoms with van der Waals surface area (Å²) in [5.41, 5.74) is 1.16. The highest BCUT2D eigenvalue weighted by molar-refractivity contribution is 6.02. The monoisotopic (exact) mass is 149 g/mol. The van der Waals surface area contributed by atoms with E-state index >= 15 is 0 Å². The van der Waals surface area contributed by atoms with Gasteiger partial charge in [-0.15, -0.1) is 0 Å². The summed E-state index contributed by atoms with van der Waals surface area (Å²) >= 11 is 0. The molecule has 1 aliphatic rings. The molecule has 0 aromatic heterocycles. The molecule has 1 heteroatoms. The minimum Gasteiger partial charge on any atom is -0.274 e. The lowest BCUT2D eigenvalue weighted by Gasteiger charge is -1.99. The maximum atomic E-state index is 8.98. The Labute approximate surface area is 67.1 Å². The summed E-state index contributed by atoms with van der Waals surface area (Å²) in [5, 5.41) is 0. The highest BCUT2D eigenvalue weighted by Crippen LogP contribution is 2.09. The van der Waals surface area contributed by atoms with Crippen molar-refractivity contribution in [3.05, 3.63) is 36.0 Å². The summed E-state index contributed by atoms with van der Waals surface area (Å²) < 4.78 is 0. The third-order valence-electron chi connectivity index (χ3n) is 1.42. The van der Waals surface area contributed by atoms with Gasteiger partial charge in [0.2, 0.25) is 0 Å². The average molecular weight is 149 g/mol. The molecule has 58 valence electrons. The fourth-order valence-corrected chi connectivity index (χ4v) is 0.970. The predicted molar refractivity (Wildman–Crippen MR) is 48.1 cm³/mol. The molecule has 0 bridgehead atoms. The normalized spacial score (nSPS) is 16.3. The van der Waals surface area contributed by atoms with Crippen LogP contribution in [0.2, 0.25) is 0 Å². The van der Waals surface area contributed by atoms with E-state index in [9.17, 15) is 0 Å². The lowest BCUT2D eigenvalue weighted by Crippen LogP contribution is -1.93. The summed E-state index contributed by atoms with van der Waals surface area (Å²) in [4.78, 5) is 8.98. The second-order valence-electron chi connectivity index (χ2n) is 3.00. The number of ketones is 1. The van der Waals surface area contributed by atoms with Crippen LogP contribution < -0.4 is 0 Å². The fraction of sp³-hybridized carbons (Fsp3) is 0.300. The molecule has 0 saturated heterocycles. The van der Waals surface area contributed by atoms with E-state index in [1.54, 1.807) is 12.2 Å².